The summed E-state index contributed by atoms with van der Waals surface area (Å²) in [4.78, 5) is 25.2. The average Bonchev–Trinajstić information content (AvgIpc) is 3.61. The molecule has 1 fully saturated rings. The van der Waals surface area contributed by atoms with Crippen LogP contribution in [0.25, 0.3) is 5.69 Å². The Bertz CT molecular complexity index is 1900. The number of para-hydroxylation sites is 2. The number of aliphatic hydroxyl groups excluding tert-OH is 1. The minimum absolute atomic E-state index is 0.0545. The van der Waals surface area contributed by atoms with Crippen molar-refractivity contribution in [1.29, 1.82) is 0 Å². The minimum Gasteiger partial charge on any atom is -0.508 e. The van der Waals surface area contributed by atoms with Crippen LogP contribution in [-0.4, -0.2) is 54.1 Å². The van der Waals surface area contributed by atoms with Gasteiger partial charge in [0.15, 0.2) is 6.29 Å². The summed E-state index contributed by atoms with van der Waals surface area (Å²) in [5, 5.41) is 37.6. The second kappa shape index (κ2) is 16.4. The molecule has 0 bridgehead atoms. The molecule has 6 N–H and O–H groups in total. The van der Waals surface area contributed by atoms with Crippen LogP contribution in [0.5, 0.6) is 5.75 Å². The second-order valence-corrected chi connectivity index (χ2v) is 12.7. The van der Waals surface area contributed by atoms with Crippen LogP contribution in [0.2, 0.25) is 0 Å². The fourth-order valence-electron chi connectivity index (χ4n) is 5.43. The quantitative estimate of drug-likeness (QED) is 0.0770. The van der Waals surface area contributed by atoms with E-state index in [1.54, 1.807) is 59.3 Å². The predicted octanol–water partition coefficient (Wildman–Crippen LogP) is 5.53. The Morgan fingerprint density at radius 3 is 2.42 bits per heavy atom. The van der Waals surface area contributed by atoms with Crippen LogP contribution in [-0.2, 0) is 25.7 Å². The zero-order valence-corrected chi connectivity index (χ0v) is 27.8. The lowest BCUT2D eigenvalue weighted by Crippen LogP contribution is -2.31. The molecule has 6 rings (SSSR count). The largest absolute Gasteiger partial charge is 0.508 e. The standard InChI is InChI=1S/C36H37N7O6S/c37-30-7-1-2-8-31(30)39-34(47)10-4-9-33(46)38-26-6-3-5-25(19-26)35-48-29(20-32(49-35)24-13-11-23(21-44)12-14-24)22-50-36-40-41-42-43(36)27-15-17-28(45)18-16-27/h1-3,5-8,11-19,29,32,35,44-45H,4,9-10,20-22,37H2,(H,38,46)(H,39,47)/t29-,32+,35+/m0/s1. The molecule has 1 aliphatic rings. The predicted molar refractivity (Wildman–Crippen MR) is 188 cm³/mol. The second-order valence-electron chi connectivity index (χ2n) is 11.7. The molecule has 4 aromatic carbocycles. The number of aromatic hydroxyl groups is 1. The molecule has 1 aromatic heterocycles. The van der Waals surface area contributed by atoms with Crippen molar-refractivity contribution in [2.75, 3.05) is 22.1 Å². The van der Waals surface area contributed by atoms with E-state index in [0.717, 1.165) is 16.7 Å². The third kappa shape index (κ3) is 9.03. The number of nitrogens with two attached hydrogens (primary N) is 1. The van der Waals surface area contributed by atoms with E-state index in [1.165, 1.54) is 11.8 Å². The van der Waals surface area contributed by atoms with Crippen molar-refractivity contribution in [2.45, 2.75) is 55.9 Å². The first-order valence-corrected chi connectivity index (χ1v) is 17.1. The van der Waals surface area contributed by atoms with E-state index in [4.69, 9.17) is 15.2 Å². The number of nitrogens with zero attached hydrogens (tertiary/aromatic N) is 4. The SMILES string of the molecule is Nc1ccccc1NC(=O)CCCC(=O)Nc1cccc([C@@H]2O[C@H](CSc3nnnn3-c3ccc(O)cc3)C[C@H](c3ccc(CO)cc3)O2)c1. The lowest BCUT2D eigenvalue weighted by atomic mass is 10.0. The maximum atomic E-state index is 12.8. The van der Waals surface area contributed by atoms with E-state index in [9.17, 15) is 19.8 Å². The summed E-state index contributed by atoms with van der Waals surface area (Å²) in [5.41, 5.74) is 10.7. The van der Waals surface area contributed by atoms with Gasteiger partial charge in [0.25, 0.3) is 0 Å². The Hall–Kier alpha value is -5.28. The fraction of sp³-hybridized carbons (Fsp3) is 0.250. The van der Waals surface area contributed by atoms with Crippen molar-refractivity contribution in [3.05, 3.63) is 114 Å². The molecule has 14 heteroatoms. The first-order valence-electron chi connectivity index (χ1n) is 16.1. The van der Waals surface area contributed by atoms with Gasteiger partial charge in [-0.1, -0.05) is 60.3 Å². The van der Waals surface area contributed by atoms with Crippen molar-refractivity contribution in [1.82, 2.24) is 20.2 Å². The number of rotatable bonds is 13. The Morgan fingerprint density at radius 2 is 1.66 bits per heavy atom. The highest BCUT2D eigenvalue weighted by atomic mass is 32.2. The Balaban J connectivity index is 1.10. The van der Waals surface area contributed by atoms with E-state index < -0.39 is 6.29 Å². The van der Waals surface area contributed by atoms with E-state index in [1.807, 2.05) is 42.5 Å². The fourth-order valence-corrected chi connectivity index (χ4v) is 6.34. The summed E-state index contributed by atoms with van der Waals surface area (Å²) in [5.74, 6) is 0.232. The number of benzene rings is 4. The monoisotopic (exact) mass is 695 g/mol. The van der Waals surface area contributed by atoms with Gasteiger partial charge in [-0.15, -0.1) is 5.10 Å². The number of nitrogen functional groups attached to an aromatic ring is 1. The first kappa shape index (κ1) is 34.6. The minimum atomic E-state index is -0.740. The lowest BCUT2D eigenvalue weighted by molar-refractivity contribution is -0.245. The topological polar surface area (TPSA) is 187 Å². The molecule has 0 aliphatic carbocycles. The van der Waals surface area contributed by atoms with Crippen LogP contribution in [0.15, 0.2) is 102 Å². The van der Waals surface area contributed by atoms with Gasteiger partial charge in [-0.3, -0.25) is 9.59 Å². The van der Waals surface area contributed by atoms with E-state index in [0.29, 0.717) is 46.5 Å². The number of carbonyl (C=O) groups excluding carboxylic acids is 2. The first-order chi connectivity index (χ1) is 24.3. The maximum absolute atomic E-state index is 12.8. The van der Waals surface area contributed by atoms with Gasteiger partial charge in [0.05, 0.1) is 35.9 Å². The van der Waals surface area contributed by atoms with Crippen LogP contribution >= 0.6 is 11.8 Å². The van der Waals surface area contributed by atoms with Crippen LogP contribution in [0.4, 0.5) is 17.1 Å². The average molecular weight is 696 g/mol. The molecule has 1 saturated heterocycles. The van der Waals surface area contributed by atoms with Crippen LogP contribution in [0, 0.1) is 0 Å². The third-order valence-corrected chi connectivity index (χ3v) is 9.08. The number of hydrogen-bond acceptors (Lipinski definition) is 11. The summed E-state index contributed by atoms with van der Waals surface area (Å²) in [7, 11) is 0. The number of thioether (sulfide) groups is 1. The molecule has 13 nitrogen and oxygen atoms in total. The van der Waals surface area contributed by atoms with Gasteiger partial charge in [0.1, 0.15) is 5.75 Å². The van der Waals surface area contributed by atoms with Crippen molar-refractivity contribution in [2.24, 2.45) is 0 Å². The lowest BCUT2D eigenvalue weighted by Gasteiger charge is -2.36. The summed E-state index contributed by atoms with van der Waals surface area (Å²) in [6.45, 7) is -0.0545. The molecular weight excluding hydrogens is 659 g/mol. The zero-order valence-electron chi connectivity index (χ0n) is 27.0. The smallest absolute Gasteiger partial charge is 0.224 e. The molecule has 50 heavy (non-hydrogen) atoms. The number of phenols is 1. The third-order valence-electron chi connectivity index (χ3n) is 8.03. The molecule has 258 valence electrons. The van der Waals surface area contributed by atoms with Crippen LogP contribution in [0.1, 0.15) is 54.8 Å². The van der Waals surface area contributed by atoms with E-state index >= 15 is 0 Å². The molecule has 2 heterocycles. The highest BCUT2D eigenvalue weighted by Crippen LogP contribution is 2.40. The number of ether oxygens (including phenoxy) is 2. The van der Waals surface area contributed by atoms with E-state index in [-0.39, 0.29) is 49.2 Å². The van der Waals surface area contributed by atoms with Gasteiger partial charge in [0.2, 0.25) is 17.0 Å². The molecule has 0 radical (unpaired) electrons. The summed E-state index contributed by atoms with van der Waals surface area (Å²) in [6.07, 6.45) is -0.0528. The number of aliphatic hydroxyl groups is 1. The number of carbonyl (C=O) groups is 2. The van der Waals surface area contributed by atoms with Crippen molar-refractivity contribution >= 4 is 40.6 Å². The van der Waals surface area contributed by atoms with Gasteiger partial charge >= 0.3 is 0 Å². The number of nitrogens with one attached hydrogen (secondary N) is 2. The number of amides is 2. The number of tetrazole rings is 1. The van der Waals surface area contributed by atoms with E-state index in [2.05, 4.69) is 26.2 Å². The maximum Gasteiger partial charge on any atom is 0.224 e. The highest BCUT2D eigenvalue weighted by molar-refractivity contribution is 7.99. The Labute approximate surface area is 292 Å². The van der Waals surface area contributed by atoms with Gasteiger partial charge < -0.3 is 36.1 Å². The molecule has 0 unspecified atom stereocenters. The zero-order chi connectivity index (χ0) is 34.9. The van der Waals surface area contributed by atoms with Crippen LogP contribution < -0.4 is 16.4 Å². The number of hydrogen-bond donors (Lipinski definition) is 5. The normalized spacial score (nSPS) is 17.3. The van der Waals surface area contributed by atoms with Gasteiger partial charge in [0, 0.05) is 36.3 Å². The molecule has 2 amide bonds. The molecule has 5 aromatic rings. The summed E-state index contributed by atoms with van der Waals surface area (Å²) < 4.78 is 14.6. The number of aromatic nitrogens is 4. The summed E-state index contributed by atoms with van der Waals surface area (Å²) >= 11 is 1.44. The molecule has 3 atom stereocenters. The van der Waals surface area contributed by atoms with Crippen molar-refractivity contribution in [3.8, 4) is 11.4 Å². The van der Waals surface area contributed by atoms with Crippen LogP contribution in [0.3, 0.4) is 0 Å². The molecule has 0 saturated carbocycles. The molecular formula is C36H37N7O6S. The number of phenolic OH excluding ortho intramolecular Hbond substituents is 1. The number of anilines is 3. The molecule has 1 aliphatic heterocycles. The summed E-state index contributed by atoms with van der Waals surface area (Å²) in [6, 6.07) is 28.6. The Kier molecular flexibility index (Phi) is 11.4. The highest BCUT2D eigenvalue weighted by Gasteiger charge is 2.33. The molecule has 0 spiro atoms. The Morgan fingerprint density at radius 1 is 0.900 bits per heavy atom. The van der Waals surface area contributed by atoms with Crippen molar-refractivity contribution in [3.63, 3.8) is 0 Å². The van der Waals surface area contributed by atoms with Gasteiger partial charge in [-0.25, -0.2) is 0 Å². The van der Waals surface area contributed by atoms with Gasteiger partial charge in [-0.05, 0) is 76.5 Å². The van der Waals surface area contributed by atoms with Crippen molar-refractivity contribution < 1.29 is 29.3 Å². The van der Waals surface area contributed by atoms with Gasteiger partial charge in [-0.2, -0.15) is 4.68 Å².